The highest BCUT2D eigenvalue weighted by atomic mass is 32.2. The molecule has 0 spiro atoms. The number of benzene rings is 2. The normalized spacial score (nSPS) is 11.7. The Labute approximate surface area is 194 Å². The number of carbonyl (C=O) groups excluding carboxylic acids is 1. The minimum atomic E-state index is -3.73. The van der Waals surface area contributed by atoms with Gasteiger partial charge in [0.15, 0.2) is 0 Å². The number of aromatic nitrogens is 3. The van der Waals surface area contributed by atoms with Crippen LogP contribution >= 0.6 is 11.5 Å². The van der Waals surface area contributed by atoms with Gasteiger partial charge in [-0.1, -0.05) is 30.5 Å². The topological polar surface area (TPSA) is 125 Å². The lowest BCUT2D eigenvalue weighted by Gasteiger charge is -2.19. The summed E-state index contributed by atoms with van der Waals surface area (Å²) in [4.78, 5) is 27.9. The number of pyridine rings is 1. The molecule has 33 heavy (non-hydrogen) atoms. The predicted molar refractivity (Wildman–Crippen MR) is 128 cm³/mol. The first kappa shape index (κ1) is 22.8. The Morgan fingerprint density at radius 1 is 1.09 bits per heavy atom. The molecule has 0 fully saturated rings. The number of H-pyrrole nitrogens is 1. The second-order valence-corrected chi connectivity index (χ2v) is 9.71. The Morgan fingerprint density at radius 2 is 1.82 bits per heavy atom. The largest absolute Gasteiger partial charge is 0.322 e. The second-order valence-electron chi connectivity index (χ2n) is 7.17. The first-order valence-electron chi connectivity index (χ1n) is 10.2. The van der Waals surface area contributed by atoms with E-state index >= 15 is 0 Å². The summed E-state index contributed by atoms with van der Waals surface area (Å²) in [5.41, 5.74) is 2.11. The number of anilines is 1. The second kappa shape index (κ2) is 9.22. The summed E-state index contributed by atoms with van der Waals surface area (Å²) in [5.74, 6) is -0.522. The lowest BCUT2D eigenvalue weighted by Crippen LogP contribution is -2.30. The van der Waals surface area contributed by atoms with Gasteiger partial charge in [0.25, 0.3) is 5.91 Å². The van der Waals surface area contributed by atoms with Gasteiger partial charge in [0.2, 0.25) is 15.6 Å². The number of fused-ring (bicyclic) bond motifs is 1. The number of nitrogens with one attached hydrogen (secondary N) is 2. The molecule has 2 aromatic heterocycles. The van der Waals surface area contributed by atoms with Crippen molar-refractivity contribution in [3.8, 4) is 11.3 Å². The monoisotopic (exact) mass is 483 g/mol. The predicted octanol–water partition coefficient (Wildman–Crippen LogP) is 3.33. The van der Waals surface area contributed by atoms with Crippen LogP contribution in [-0.2, 0) is 10.0 Å². The Morgan fingerprint density at radius 3 is 2.45 bits per heavy atom. The van der Waals surface area contributed by atoms with Gasteiger partial charge < -0.3 is 10.3 Å². The van der Waals surface area contributed by atoms with Crippen molar-refractivity contribution >= 4 is 44.1 Å². The summed E-state index contributed by atoms with van der Waals surface area (Å²) >= 11 is 1.25. The van der Waals surface area contributed by atoms with Crippen molar-refractivity contribution in [3.63, 3.8) is 0 Å². The quantitative estimate of drug-likeness (QED) is 0.415. The average Bonchev–Trinajstić information content (AvgIpc) is 3.34. The van der Waals surface area contributed by atoms with Crippen molar-refractivity contribution < 1.29 is 13.2 Å². The third-order valence-corrected chi connectivity index (χ3v) is 7.75. The lowest BCUT2D eigenvalue weighted by molar-refractivity contribution is 0.102. The van der Waals surface area contributed by atoms with Crippen LogP contribution in [0.25, 0.3) is 22.2 Å². The van der Waals surface area contributed by atoms with E-state index in [4.69, 9.17) is 0 Å². The van der Waals surface area contributed by atoms with Crippen molar-refractivity contribution in [1.82, 2.24) is 18.9 Å². The molecule has 0 saturated carbocycles. The molecule has 4 rings (SSSR count). The summed E-state index contributed by atoms with van der Waals surface area (Å²) < 4.78 is 31.1. The highest BCUT2D eigenvalue weighted by Gasteiger charge is 2.23. The molecule has 1 amide bonds. The van der Waals surface area contributed by atoms with E-state index < -0.39 is 21.5 Å². The van der Waals surface area contributed by atoms with Crippen molar-refractivity contribution in [3.05, 3.63) is 69.8 Å². The van der Waals surface area contributed by atoms with E-state index in [-0.39, 0.29) is 10.5 Å². The molecule has 0 bridgehead atoms. The van der Waals surface area contributed by atoms with Gasteiger partial charge in [0.1, 0.15) is 5.69 Å². The molecule has 2 heterocycles. The van der Waals surface area contributed by atoms with Gasteiger partial charge in [0.05, 0.1) is 10.5 Å². The zero-order valence-corrected chi connectivity index (χ0v) is 19.5. The Hall–Kier alpha value is -3.41. The van der Waals surface area contributed by atoms with E-state index in [0.717, 1.165) is 11.3 Å². The zero-order valence-electron chi connectivity index (χ0n) is 17.9. The van der Waals surface area contributed by atoms with Crippen LogP contribution in [-0.4, -0.2) is 46.3 Å². The van der Waals surface area contributed by atoms with E-state index in [1.807, 2.05) is 5.38 Å². The van der Waals surface area contributed by atoms with Crippen LogP contribution < -0.4 is 10.9 Å². The van der Waals surface area contributed by atoms with Gasteiger partial charge in [-0.15, -0.1) is 5.10 Å². The minimum absolute atomic E-state index is 0.0565. The van der Waals surface area contributed by atoms with Crippen LogP contribution in [0.3, 0.4) is 0 Å². The number of aromatic amines is 1. The molecule has 170 valence electrons. The Kier molecular flexibility index (Phi) is 6.36. The third kappa shape index (κ3) is 4.56. The smallest absolute Gasteiger partial charge is 0.256 e. The fourth-order valence-electron chi connectivity index (χ4n) is 3.51. The molecule has 0 radical (unpaired) electrons. The van der Waals surface area contributed by atoms with Gasteiger partial charge in [-0.05, 0) is 41.9 Å². The van der Waals surface area contributed by atoms with Crippen LogP contribution in [0.5, 0.6) is 0 Å². The van der Waals surface area contributed by atoms with Crippen LogP contribution in [0.4, 0.5) is 5.69 Å². The first-order chi connectivity index (χ1) is 15.8. The van der Waals surface area contributed by atoms with Gasteiger partial charge in [-0.3, -0.25) is 9.59 Å². The van der Waals surface area contributed by atoms with Crippen LogP contribution in [0.15, 0.2) is 63.6 Å². The van der Waals surface area contributed by atoms with Crippen molar-refractivity contribution in [2.45, 2.75) is 18.7 Å². The van der Waals surface area contributed by atoms with Crippen LogP contribution in [0.2, 0.25) is 0 Å². The summed E-state index contributed by atoms with van der Waals surface area (Å²) in [6.45, 7) is 4.16. The Bertz CT molecular complexity index is 1460. The minimum Gasteiger partial charge on any atom is -0.322 e. The first-order valence-corrected chi connectivity index (χ1v) is 12.5. The van der Waals surface area contributed by atoms with Crippen LogP contribution in [0, 0.1) is 0 Å². The average molecular weight is 484 g/mol. The summed E-state index contributed by atoms with van der Waals surface area (Å²) in [5, 5.41) is 8.94. The van der Waals surface area contributed by atoms with Gasteiger partial charge in [-0.25, -0.2) is 8.42 Å². The van der Waals surface area contributed by atoms with Crippen molar-refractivity contribution in [1.29, 1.82) is 0 Å². The maximum absolute atomic E-state index is 13.1. The van der Waals surface area contributed by atoms with Crippen LogP contribution in [0.1, 0.15) is 24.2 Å². The van der Waals surface area contributed by atoms with E-state index in [0.29, 0.717) is 29.7 Å². The maximum Gasteiger partial charge on any atom is 0.256 e. The number of nitrogens with zero attached hydrogens (tertiary/aromatic N) is 3. The Balaban J connectivity index is 1.70. The van der Waals surface area contributed by atoms with Gasteiger partial charge in [-0.2, -0.15) is 4.31 Å². The summed E-state index contributed by atoms with van der Waals surface area (Å²) in [6.07, 6.45) is 0. The molecular formula is C22H21N5O4S2. The van der Waals surface area contributed by atoms with E-state index in [1.54, 1.807) is 38.1 Å². The number of hydrogen-bond acceptors (Lipinski definition) is 7. The molecular weight excluding hydrogens is 462 g/mol. The molecule has 0 aliphatic carbocycles. The van der Waals surface area contributed by atoms with E-state index in [1.165, 1.54) is 40.1 Å². The molecule has 0 saturated heterocycles. The fourth-order valence-corrected chi connectivity index (χ4v) is 5.46. The highest BCUT2D eigenvalue weighted by Crippen LogP contribution is 2.24. The molecule has 0 aliphatic rings. The van der Waals surface area contributed by atoms with Gasteiger partial charge in [0, 0.05) is 46.7 Å². The number of amides is 1. The lowest BCUT2D eigenvalue weighted by atomic mass is 10.1. The highest BCUT2D eigenvalue weighted by molar-refractivity contribution is 7.89. The van der Waals surface area contributed by atoms with Crippen molar-refractivity contribution in [2.75, 3.05) is 18.4 Å². The third-order valence-electron chi connectivity index (χ3n) is 5.20. The fraction of sp³-hybridized carbons (Fsp3) is 0.182. The zero-order chi connectivity index (χ0) is 23.6. The standard InChI is InChI=1S/C22H21N5O4S2/c1-3-27(4-2)33(30,31)16-9-10-19-17(11-16)18(12-21(28)24-19)22(29)23-15-7-5-14(6-8-15)20-13-32-26-25-20/h5-13H,3-4H2,1-2H3,(H,23,29)(H,24,28). The van der Waals surface area contributed by atoms with Gasteiger partial charge >= 0.3 is 0 Å². The molecule has 0 atom stereocenters. The van der Waals surface area contributed by atoms with E-state index in [2.05, 4.69) is 19.9 Å². The molecule has 4 aromatic rings. The summed E-state index contributed by atoms with van der Waals surface area (Å²) in [7, 11) is -3.73. The molecule has 0 unspecified atom stereocenters. The maximum atomic E-state index is 13.1. The number of sulfonamides is 1. The SMILES string of the molecule is CCN(CC)S(=O)(=O)c1ccc2[nH]c(=O)cc(C(=O)Nc3ccc(-c4csnn4)cc3)c2c1. The van der Waals surface area contributed by atoms with Crippen molar-refractivity contribution in [2.24, 2.45) is 0 Å². The number of carbonyl (C=O) groups is 1. The molecule has 11 heteroatoms. The van der Waals surface area contributed by atoms with E-state index in [9.17, 15) is 18.0 Å². The summed E-state index contributed by atoms with van der Waals surface area (Å²) in [6, 6.07) is 12.6. The molecule has 0 aliphatic heterocycles. The number of hydrogen-bond donors (Lipinski definition) is 2. The number of rotatable bonds is 7. The molecule has 2 N–H and O–H groups in total. The molecule has 2 aromatic carbocycles. The molecule has 9 nitrogen and oxygen atoms in total.